The molecule has 5 nitrogen and oxygen atoms in total. The predicted octanol–water partition coefficient (Wildman–Crippen LogP) is 2.51. The summed E-state index contributed by atoms with van der Waals surface area (Å²) in [5, 5.41) is 2.80. The highest BCUT2D eigenvalue weighted by Gasteiger charge is 2.43. The van der Waals surface area contributed by atoms with Crippen molar-refractivity contribution in [2.45, 2.75) is 25.4 Å². The highest BCUT2D eigenvalue weighted by atomic mass is 16.5. The van der Waals surface area contributed by atoms with Gasteiger partial charge in [0.1, 0.15) is 11.4 Å². The number of ether oxygens (including phenoxy) is 1. The zero-order chi connectivity index (χ0) is 17.3. The Morgan fingerprint density at radius 3 is 3.00 bits per heavy atom. The Labute approximate surface area is 148 Å². The van der Waals surface area contributed by atoms with Crippen LogP contribution in [0.1, 0.15) is 34.8 Å². The van der Waals surface area contributed by atoms with E-state index in [0.29, 0.717) is 18.7 Å². The molecule has 2 aliphatic rings. The zero-order valence-electron chi connectivity index (χ0n) is 14.5. The van der Waals surface area contributed by atoms with Gasteiger partial charge >= 0.3 is 0 Å². The van der Waals surface area contributed by atoms with E-state index >= 15 is 0 Å². The number of nitrogens with one attached hydrogen (secondary N) is 1. The third kappa shape index (κ3) is 2.89. The molecule has 1 aromatic carbocycles. The topological polar surface area (TPSA) is 54.5 Å². The summed E-state index contributed by atoms with van der Waals surface area (Å²) >= 11 is 0. The molecule has 1 unspecified atom stereocenters. The lowest BCUT2D eigenvalue weighted by molar-refractivity contribution is -0.0594. The number of pyridine rings is 1. The fourth-order valence-corrected chi connectivity index (χ4v) is 3.92. The first-order valence-corrected chi connectivity index (χ1v) is 8.93. The van der Waals surface area contributed by atoms with Crippen molar-refractivity contribution in [2.75, 3.05) is 31.1 Å². The van der Waals surface area contributed by atoms with Crippen molar-refractivity contribution >= 4 is 11.7 Å². The molecule has 0 radical (unpaired) electrons. The standard InChI is InChI=1S/C20H23N3O2/c1-2-21-19(24)16-7-8-18(22-13-16)23-11-12-25-20(14-23)10-9-15-5-3-4-6-17(15)20/h3-8,13H,2,9-12,14H2,1H3,(H,21,24). The number of hydrogen-bond donors (Lipinski definition) is 1. The van der Waals surface area contributed by atoms with E-state index in [4.69, 9.17) is 4.74 Å². The molecule has 4 rings (SSSR count). The molecule has 1 saturated heterocycles. The lowest BCUT2D eigenvalue weighted by Crippen LogP contribution is -2.49. The minimum absolute atomic E-state index is 0.0790. The molecule has 1 aromatic heterocycles. The van der Waals surface area contributed by atoms with Crippen molar-refractivity contribution in [1.82, 2.24) is 10.3 Å². The molecule has 25 heavy (non-hydrogen) atoms. The van der Waals surface area contributed by atoms with Gasteiger partial charge in [-0.25, -0.2) is 4.98 Å². The van der Waals surface area contributed by atoms with Crippen LogP contribution in [0.15, 0.2) is 42.6 Å². The fraction of sp³-hybridized carbons (Fsp3) is 0.400. The Balaban J connectivity index is 1.55. The monoisotopic (exact) mass is 337 g/mol. The second-order valence-corrected chi connectivity index (χ2v) is 6.69. The first kappa shape index (κ1) is 16.1. The van der Waals surface area contributed by atoms with Crippen LogP contribution in [0.4, 0.5) is 5.82 Å². The van der Waals surface area contributed by atoms with Crippen molar-refractivity contribution in [1.29, 1.82) is 0 Å². The van der Waals surface area contributed by atoms with Gasteiger partial charge in [0.25, 0.3) is 5.91 Å². The second kappa shape index (κ2) is 6.48. The van der Waals surface area contributed by atoms with Gasteiger partial charge in [0.2, 0.25) is 0 Å². The van der Waals surface area contributed by atoms with Crippen LogP contribution in [0, 0.1) is 0 Å². The third-order valence-electron chi connectivity index (χ3n) is 5.16. The molecule has 1 fully saturated rings. The number of hydrogen-bond acceptors (Lipinski definition) is 4. The molecule has 130 valence electrons. The number of aromatic nitrogens is 1. The molecule has 2 heterocycles. The molecular weight excluding hydrogens is 314 g/mol. The Kier molecular flexibility index (Phi) is 4.17. The van der Waals surface area contributed by atoms with E-state index in [-0.39, 0.29) is 11.5 Å². The molecule has 0 saturated carbocycles. The lowest BCUT2D eigenvalue weighted by Gasteiger charge is -2.41. The predicted molar refractivity (Wildman–Crippen MR) is 96.9 cm³/mol. The van der Waals surface area contributed by atoms with Crippen LogP contribution in [0.5, 0.6) is 0 Å². The average molecular weight is 337 g/mol. The summed E-state index contributed by atoms with van der Waals surface area (Å²) < 4.78 is 6.26. The molecular formula is C20H23N3O2. The number of amides is 1. The Morgan fingerprint density at radius 2 is 2.20 bits per heavy atom. The van der Waals surface area contributed by atoms with E-state index < -0.39 is 0 Å². The number of rotatable bonds is 3. The van der Waals surface area contributed by atoms with E-state index in [2.05, 4.69) is 39.5 Å². The van der Waals surface area contributed by atoms with Gasteiger partial charge in [-0.1, -0.05) is 24.3 Å². The molecule has 1 spiro atoms. The SMILES string of the molecule is CCNC(=O)c1ccc(N2CCOC3(CCc4ccccc43)C2)nc1. The molecule has 1 aliphatic heterocycles. The van der Waals surface area contributed by atoms with E-state index in [1.807, 2.05) is 19.1 Å². The first-order chi connectivity index (χ1) is 12.2. The Morgan fingerprint density at radius 1 is 1.32 bits per heavy atom. The number of anilines is 1. The maximum absolute atomic E-state index is 11.9. The van der Waals surface area contributed by atoms with Crippen LogP contribution in [-0.2, 0) is 16.8 Å². The van der Waals surface area contributed by atoms with Crippen molar-refractivity contribution in [3.8, 4) is 0 Å². The Bertz CT molecular complexity index is 771. The third-order valence-corrected chi connectivity index (χ3v) is 5.16. The largest absolute Gasteiger partial charge is 0.367 e. The van der Waals surface area contributed by atoms with Crippen molar-refractivity contribution in [3.63, 3.8) is 0 Å². The molecule has 5 heteroatoms. The van der Waals surface area contributed by atoms with E-state index in [9.17, 15) is 4.79 Å². The lowest BCUT2D eigenvalue weighted by atomic mass is 9.93. The van der Waals surface area contributed by atoms with Crippen LogP contribution >= 0.6 is 0 Å². The summed E-state index contributed by atoms with van der Waals surface area (Å²) in [6.07, 6.45) is 3.73. The number of fused-ring (bicyclic) bond motifs is 2. The molecule has 0 bridgehead atoms. The van der Waals surface area contributed by atoms with Crippen LogP contribution < -0.4 is 10.2 Å². The first-order valence-electron chi connectivity index (χ1n) is 8.93. The van der Waals surface area contributed by atoms with Crippen molar-refractivity contribution < 1.29 is 9.53 Å². The summed E-state index contributed by atoms with van der Waals surface area (Å²) in [5.74, 6) is 0.824. The minimum atomic E-state index is -0.227. The Hall–Kier alpha value is -2.40. The highest BCUT2D eigenvalue weighted by molar-refractivity contribution is 5.94. The van der Waals surface area contributed by atoms with Gasteiger partial charge in [-0.05, 0) is 43.0 Å². The van der Waals surface area contributed by atoms with Crippen molar-refractivity contribution in [2.24, 2.45) is 0 Å². The van der Waals surface area contributed by atoms with Gasteiger partial charge in [0.15, 0.2) is 0 Å². The minimum Gasteiger partial charge on any atom is -0.367 e. The molecule has 2 aromatic rings. The summed E-state index contributed by atoms with van der Waals surface area (Å²) in [4.78, 5) is 18.7. The zero-order valence-corrected chi connectivity index (χ0v) is 14.5. The molecule has 1 atom stereocenters. The van der Waals surface area contributed by atoms with E-state index in [0.717, 1.165) is 31.7 Å². The van der Waals surface area contributed by atoms with Gasteiger partial charge in [0.05, 0.1) is 18.7 Å². The van der Waals surface area contributed by atoms with Gasteiger partial charge in [0, 0.05) is 19.3 Å². The summed E-state index contributed by atoms with van der Waals surface area (Å²) in [6.45, 7) is 4.83. The number of nitrogens with zero attached hydrogens (tertiary/aromatic N) is 2. The van der Waals surface area contributed by atoms with Gasteiger partial charge in [-0.3, -0.25) is 4.79 Å². The van der Waals surface area contributed by atoms with Gasteiger partial charge < -0.3 is 15.0 Å². The van der Waals surface area contributed by atoms with Gasteiger partial charge in [-0.15, -0.1) is 0 Å². The second-order valence-electron chi connectivity index (χ2n) is 6.69. The number of aryl methyl sites for hydroxylation is 1. The number of benzene rings is 1. The summed E-state index contributed by atoms with van der Waals surface area (Å²) in [5.41, 5.74) is 3.08. The normalized spacial score (nSPS) is 22.0. The van der Waals surface area contributed by atoms with E-state index in [1.54, 1.807) is 6.20 Å². The van der Waals surface area contributed by atoms with Crippen LogP contribution in [0.2, 0.25) is 0 Å². The number of carbonyl (C=O) groups is 1. The molecule has 1 amide bonds. The summed E-state index contributed by atoms with van der Waals surface area (Å²) in [6, 6.07) is 12.4. The van der Waals surface area contributed by atoms with Crippen LogP contribution in [-0.4, -0.2) is 37.1 Å². The average Bonchev–Trinajstić information content (AvgIpc) is 3.00. The smallest absolute Gasteiger partial charge is 0.252 e. The van der Waals surface area contributed by atoms with E-state index in [1.165, 1.54) is 11.1 Å². The van der Waals surface area contributed by atoms with Gasteiger partial charge in [-0.2, -0.15) is 0 Å². The maximum atomic E-state index is 11.9. The fourth-order valence-electron chi connectivity index (χ4n) is 3.92. The number of morpholine rings is 1. The summed E-state index contributed by atoms with van der Waals surface area (Å²) in [7, 11) is 0. The van der Waals surface area contributed by atoms with Crippen LogP contribution in [0.25, 0.3) is 0 Å². The number of carbonyl (C=O) groups excluding carboxylic acids is 1. The van der Waals surface area contributed by atoms with Crippen molar-refractivity contribution in [3.05, 3.63) is 59.3 Å². The maximum Gasteiger partial charge on any atom is 0.252 e. The van der Waals surface area contributed by atoms with Crippen LogP contribution in [0.3, 0.4) is 0 Å². The molecule has 1 N–H and O–H groups in total. The highest BCUT2D eigenvalue weighted by Crippen LogP contribution is 2.42. The molecule has 1 aliphatic carbocycles. The quantitative estimate of drug-likeness (QED) is 0.935.